The molecule has 2 heterocycles. The number of hydrogen-bond acceptors (Lipinski definition) is 4. The van der Waals surface area contributed by atoms with Crippen molar-refractivity contribution >= 4 is 22.8 Å². The van der Waals surface area contributed by atoms with Crippen molar-refractivity contribution in [2.24, 2.45) is 11.8 Å². The number of aromatic amines is 1. The van der Waals surface area contributed by atoms with Gasteiger partial charge in [-0.25, -0.2) is 0 Å². The second-order valence-corrected chi connectivity index (χ2v) is 7.22. The lowest BCUT2D eigenvalue weighted by molar-refractivity contribution is -0.153. The molecule has 2 aliphatic rings. The van der Waals surface area contributed by atoms with Gasteiger partial charge in [0.05, 0.1) is 11.5 Å². The lowest BCUT2D eigenvalue weighted by Crippen LogP contribution is -2.43. The van der Waals surface area contributed by atoms with E-state index in [1.165, 1.54) is 0 Å². The second-order valence-electron chi connectivity index (χ2n) is 7.22. The average Bonchev–Trinajstić information content (AvgIpc) is 3.51. The Hall–Kier alpha value is -2.63. The summed E-state index contributed by atoms with van der Waals surface area (Å²) < 4.78 is 5.40. The van der Waals surface area contributed by atoms with Gasteiger partial charge in [-0.05, 0) is 43.2 Å². The minimum absolute atomic E-state index is 0.0495. The van der Waals surface area contributed by atoms with E-state index in [2.05, 4.69) is 4.98 Å². The molecule has 2 fully saturated rings. The number of rotatable bonds is 4. The van der Waals surface area contributed by atoms with Crippen LogP contribution in [0.4, 0.5) is 0 Å². The third-order valence-electron chi connectivity index (χ3n) is 5.19. The van der Waals surface area contributed by atoms with Gasteiger partial charge in [0.1, 0.15) is 6.61 Å². The number of carbonyl (C=O) groups excluding carboxylic acids is 2. The molecule has 1 aromatic carbocycles. The molecule has 1 aromatic heterocycles. The molecule has 1 atom stereocenters. The Labute approximate surface area is 151 Å². The van der Waals surface area contributed by atoms with Crippen molar-refractivity contribution in [2.75, 3.05) is 13.1 Å². The number of ether oxygens (including phenoxy) is 1. The maximum atomic E-state index is 12.4. The summed E-state index contributed by atoms with van der Waals surface area (Å²) in [6.07, 6.45) is 3.47. The number of aromatic nitrogens is 1. The Balaban J connectivity index is 1.39. The molecule has 1 aliphatic heterocycles. The third-order valence-corrected chi connectivity index (χ3v) is 5.19. The molecule has 4 rings (SSSR count). The van der Waals surface area contributed by atoms with Gasteiger partial charge in [-0.1, -0.05) is 18.2 Å². The van der Waals surface area contributed by atoms with Crippen LogP contribution >= 0.6 is 0 Å². The predicted octanol–water partition coefficient (Wildman–Crippen LogP) is 2.22. The molecule has 6 heteroatoms. The van der Waals surface area contributed by atoms with Gasteiger partial charge in [-0.2, -0.15) is 0 Å². The monoisotopic (exact) mass is 354 g/mol. The molecule has 0 bridgehead atoms. The summed E-state index contributed by atoms with van der Waals surface area (Å²) in [4.78, 5) is 41.4. The van der Waals surface area contributed by atoms with E-state index in [1.807, 2.05) is 24.3 Å². The molecule has 1 aliphatic carbocycles. The van der Waals surface area contributed by atoms with Crippen LogP contribution in [0.2, 0.25) is 0 Å². The van der Waals surface area contributed by atoms with Gasteiger partial charge in [0.2, 0.25) is 5.91 Å². The SMILES string of the molecule is O=C(OCc1cc2ccccc2[nH]c1=O)C1CCCN(C(=O)C2CC2)C1. The zero-order valence-corrected chi connectivity index (χ0v) is 14.6. The molecule has 0 radical (unpaired) electrons. The fourth-order valence-corrected chi connectivity index (χ4v) is 3.52. The van der Waals surface area contributed by atoms with Crippen molar-refractivity contribution in [2.45, 2.75) is 32.3 Å². The Kier molecular flexibility index (Phi) is 4.49. The smallest absolute Gasteiger partial charge is 0.311 e. The molecule has 136 valence electrons. The average molecular weight is 354 g/mol. The van der Waals surface area contributed by atoms with Crippen LogP contribution in [0, 0.1) is 11.8 Å². The molecule has 26 heavy (non-hydrogen) atoms. The van der Waals surface area contributed by atoms with Crippen LogP contribution in [-0.2, 0) is 20.9 Å². The third kappa shape index (κ3) is 3.49. The summed E-state index contributed by atoms with van der Waals surface area (Å²) in [5.41, 5.74) is 0.943. The quantitative estimate of drug-likeness (QED) is 0.854. The highest BCUT2D eigenvalue weighted by Crippen LogP contribution is 2.32. The number of nitrogens with one attached hydrogen (secondary N) is 1. The van der Waals surface area contributed by atoms with E-state index < -0.39 is 0 Å². The number of para-hydroxylation sites is 1. The molecular weight excluding hydrogens is 332 g/mol. The predicted molar refractivity (Wildman–Crippen MR) is 96.4 cm³/mol. The van der Waals surface area contributed by atoms with E-state index in [0.717, 1.165) is 43.1 Å². The first-order valence-electron chi connectivity index (χ1n) is 9.18. The zero-order chi connectivity index (χ0) is 18.1. The fourth-order valence-electron chi connectivity index (χ4n) is 3.52. The Morgan fingerprint density at radius 1 is 1.15 bits per heavy atom. The van der Waals surface area contributed by atoms with Crippen LogP contribution in [0.1, 0.15) is 31.2 Å². The van der Waals surface area contributed by atoms with Gasteiger partial charge >= 0.3 is 5.97 Å². The van der Waals surface area contributed by atoms with E-state index in [-0.39, 0.29) is 35.9 Å². The number of piperidine rings is 1. The molecular formula is C20H22N2O4. The van der Waals surface area contributed by atoms with E-state index in [4.69, 9.17) is 4.74 Å². The minimum atomic E-state index is -0.328. The molecule has 1 amide bonds. The first-order chi connectivity index (χ1) is 12.6. The van der Waals surface area contributed by atoms with Gasteiger partial charge in [0.25, 0.3) is 5.56 Å². The molecule has 0 spiro atoms. The molecule has 1 unspecified atom stereocenters. The number of esters is 1. The standard InChI is InChI=1S/C20H22N2O4/c23-18-16(10-14-4-1-2-6-17(14)21-18)12-26-20(25)15-5-3-9-22(11-15)19(24)13-7-8-13/h1-2,4,6,10,13,15H,3,5,7-9,11-12H2,(H,21,23). The van der Waals surface area contributed by atoms with E-state index in [0.29, 0.717) is 12.1 Å². The summed E-state index contributed by atoms with van der Waals surface area (Å²) in [6.45, 7) is 1.11. The van der Waals surface area contributed by atoms with Crippen LogP contribution in [0.15, 0.2) is 35.1 Å². The van der Waals surface area contributed by atoms with Crippen molar-refractivity contribution in [3.8, 4) is 0 Å². The summed E-state index contributed by atoms with van der Waals surface area (Å²) >= 11 is 0. The van der Waals surface area contributed by atoms with E-state index in [1.54, 1.807) is 11.0 Å². The lowest BCUT2D eigenvalue weighted by atomic mass is 9.98. The van der Waals surface area contributed by atoms with Gasteiger partial charge in [-0.3, -0.25) is 14.4 Å². The zero-order valence-electron chi connectivity index (χ0n) is 14.6. The largest absolute Gasteiger partial charge is 0.460 e. The van der Waals surface area contributed by atoms with Crippen molar-refractivity contribution < 1.29 is 14.3 Å². The molecule has 1 N–H and O–H groups in total. The highest BCUT2D eigenvalue weighted by molar-refractivity contribution is 5.82. The number of H-pyrrole nitrogens is 1. The second kappa shape index (κ2) is 6.94. The highest BCUT2D eigenvalue weighted by Gasteiger charge is 2.37. The normalized spacial score (nSPS) is 20.2. The van der Waals surface area contributed by atoms with Crippen LogP contribution < -0.4 is 5.56 Å². The maximum Gasteiger partial charge on any atom is 0.311 e. The van der Waals surface area contributed by atoms with Gasteiger partial charge in [0.15, 0.2) is 0 Å². The fraction of sp³-hybridized carbons (Fsp3) is 0.450. The van der Waals surface area contributed by atoms with Crippen LogP contribution in [-0.4, -0.2) is 34.8 Å². The lowest BCUT2D eigenvalue weighted by Gasteiger charge is -2.31. The van der Waals surface area contributed by atoms with Gasteiger partial charge in [0, 0.05) is 24.5 Å². The topological polar surface area (TPSA) is 79.5 Å². The summed E-state index contributed by atoms with van der Waals surface area (Å²) in [5.74, 6) is -0.286. The minimum Gasteiger partial charge on any atom is -0.460 e. The number of fused-ring (bicyclic) bond motifs is 1. The highest BCUT2D eigenvalue weighted by atomic mass is 16.5. The van der Waals surface area contributed by atoms with Crippen LogP contribution in [0.5, 0.6) is 0 Å². The number of benzene rings is 1. The number of carbonyl (C=O) groups is 2. The Bertz CT molecular complexity index is 900. The van der Waals surface area contributed by atoms with E-state index >= 15 is 0 Å². The van der Waals surface area contributed by atoms with Crippen LogP contribution in [0.3, 0.4) is 0 Å². The summed E-state index contributed by atoms with van der Waals surface area (Å²) in [7, 11) is 0. The van der Waals surface area contributed by atoms with Gasteiger partial charge < -0.3 is 14.6 Å². The van der Waals surface area contributed by atoms with Crippen molar-refractivity contribution in [1.82, 2.24) is 9.88 Å². The van der Waals surface area contributed by atoms with Crippen LogP contribution in [0.25, 0.3) is 10.9 Å². The van der Waals surface area contributed by atoms with Crippen molar-refractivity contribution in [3.05, 3.63) is 46.2 Å². The van der Waals surface area contributed by atoms with Crippen molar-refractivity contribution in [3.63, 3.8) is 0 Å². The molecule has 2 aromatic rings. The number of nitrogens with zero attached hydrogens (tertiary/aromatic N) is 1. The first kappa shape index (κ1) is 16.8. The van der Waals surface area contributed by atoms with Gasteiger partial charge in [-0.15, -0.1) is 0 Å². The number of amides is 1. The van der Waals surface area contributed by atoms with E-state index in [9.17, 15) is 14.4 Å². The Morgan fingerprint density at radius 2 is 1.96 bits per heavy atom. The number of pyridine rings is 1. The Morgan fingerprint density at radius 3 is 2.77 bits per heavy atom. The maximum absolute atomic E-state index is 12.4. The number of hydrogen-bond donors (Lipinski definition) is 1. The summed E-state index contributed by atoms with van der Waals surface area (Å²) in [6, 6.07) is 9.24. The van der Waals surface area contributed by atoms with Crippen molar-refractivity contribution in [1.29, 1.82) is 0 Å². The molecule has 1 saturated carbocycles. The molecule has 6 nitrogen and oxygen atoms in total. The summed E-state index contributed by atoms with van der Waals surface area (Å²) in [5, 5.41) is 0.900. The molecule has 1 saturated heterocycles. The first-order valence-corrected chi connectivity index (χ1v) is 9.18. The number of likely N-dealkylation sites (tertiary alicyclic amines) is 1.